The van der Waals surface area contributed by atoms with Crippen LogP contribution in [0.5, 0.6) is 0 Å². The van der Waals surface area contributed by atoms with Gasteiger partial charge >= 0.3 is 0 Å². The summed E-state index contributed by atoms with van der Waals surface area (Å²) in [5.74, 6) is 1.89. The first-order chi connectivity index (χ1) is 29.2. The normalized spacial score (nSPS) is 11.7. The van der Waals surface area contributed by atoms with Crippen LogP contribution in [0.1, 0.15) is 0 Å². The lowest BCUT2D eigenvalue weighted by Crippen LogP contribution is -2.00. The van der Waals surface area contributed by atoms with Crippen LogP contribution in [0.15, 0.2) is 188 Å². The van der Waals surface area contributed by atoms with Crippen LogP contribution in [0, 0.1) is 0 Å². The monoisotopic (exact) mass is 789 g/mol. The Morgan fingerprint density at radius 2 is 0.983 bits per heavy atom. The van der Waals surface area contributed by atoms with Gasteiger partial charge < -0.3 is 4.57 Å². The van der Waals surface area contributed by atoms with Crippen molar-refractivity contribution in [1.82, 2.24) is 24.5 Å². The van der Waals surface area contributed by atoms with Gasteiger partial charge in [0.1, 0.15) is 5.01 Å². The lowest BCUT2D eigenvalue weighted by molar-refractivity contribution is 1.07. The average Bonchev–Trinajstić information content (AvgIpc) is 4.01. The van der Waals surface area contributed by atoms with Crippen molar-refractivity contribution in [3.8, 4) is 61.5 Å². The highest BCUT2D eigenvalue weighted by Crippen LogP contribution is 2.42. The van der Waals surface area contributed by atoms with Gasteiger partial charge in [0, 0.05) is 58.9 Å². The Morgan fingerprint density at radius 3 is 1.78 bits per heavy atom. The van der Waals surface area contributed by atoms with Crippen molar-refractivity contribution in [3.05, 3.63) is 188 Å². The minimum Gasteiger partial charge on any atom is -0.309 e. The average molecular weight is 790 g/mol. The number of benzene rings is 8. The maximum Gasteiger partial charge on any atom is 0.164 e. The number of hydrogen-bond donors (Lipinski definition) is 0. The zero-order chi connectivity index (χ0) is 38.9. The molecule has 0 N–H and O–H groups in total. The highest BCUT2D eigenvalue weighted by molar-refractivity contribution is 7.26. The summed E-state index contributed by atoms with van der Waals surface area (Å²) in [7, 11) is 0. The molecule has 0 fully saturated rings. The minimum absolute atomic E-state index is 0.617. The van der Waals surface area contributed by atoms with Gasteiger partial charge in [0.05, 0.1) is 21.3 Å². The number of fused-ring (bicyclic) bond motifs is 7. The molecule has 4 heterocycles. The molecule has 0 aliphatic rings. The van der Waals surface area contributed by atoms with E-state index >= 15 is 0 Å². The lowest BCUT2D eigenvalue weighted by Gasteiger charge is -2.10. The van der Waals surface area contributed by atoms with E-state index in [1.807, 2.05) is 72.0 Å². The Kier molecular flexibility index (Phi) is 7.82. The number of aromatic nitrogens is 5. The summed E-state index contributed by atoms with van der Waals surface area (Å²) in [4.78, 5) is 20.0. The SMILES string of the molecule is c1ccc(-c2nc(-c3ccccc3)nc(-c3ccc4sc(-c5cccc(-n6c7ccccc7c7cc(-c8cccc9c8sc8ccccc89)ccc76)c5)nc4c3)n2)cc1. The van der Waals surface area contributed by atoms with E-state index < -0.39 is 0 Å². The molecular formula is C52H31N5S2. The molecule has 59 heavy (non-hydrogen) atoms. The third-order valence-corrected chi connectivity index (χ3v) is 13.4. The van der Waals surface area contributed by atoms with Crippen LogP contribution in [-0.4, -0.2) is 24.5 Å². The zero-order valence-electron chi connectivity index (χ0n) is 31.5. The van der Waals surface area contributed by atoms with Crippen molar-refractivity contribution in [2.75, 3.05) is 0 Å². The van der Waals surface area contributed by atoms with Gasteiger partial charge in [-0.2, -0.15) is 0 Å². The Hall–Kier alpha value is -7.32. The third-order valence-electron chi connectivity index (χ3n) is 11.1. The second-order valence-electron chi connectivity index (χ2n) is 14.7. The first-order valence-electron chi connectivity index (χ1n) is 19.5. The summed E-state index contributed by atoms with van der Waals surface area (Å²) in [6.07, 6.45) is 0. The van der Waals surface area contributed by atoms with Crippen molar-refractivity contribution in [3.63, 3.8) is 0 Å². The molecule has 0 spiro atoms. The molecule has 0 atom stereocenters. The van der Waals surface area contributed by atoms with Crippen LogP contribution in [0.3, 0.4) is 0 Å². The van der Waals surface area contributed by atoms with Crippen LogP contribution >= 0.6 is 22.7 Å². The minimum atomic E-state index is 0.617. The van der Waals surface area contributed by atoms with Gasteiger partial charge in [-0.05, 0) is 65.7 Å². The standard InChI is InChI=1S/C52H31N5S2/c1-3-13-32(14-4-1)49-54-50(33-15-5-2-6-16-33)56-51(55-49)35-26-28-47-43(31-35)53-52(59-47)36-17-11-18-37(29-36)57-44-23-9-7-19-39(44)42-30-34(25-27-45(42)57)38-21-12-22-41-40-20-8-10-24-46(40)58-48(38)41/h1-31H. The molecule has 4 aromatic heterocycles. The smallest absolute Gasteiger partial charge is 0.164 e. The first-order valence-corrected chi connectivity index (χ1v) is 21.2. The van der Waals surface area contributed by atoms with Crippen molar-refractivity contribution >= 4 is 74.9 Å². The molecule has 0 radical (unpaired) electrons. The van der Waals surface area contributed by atoms with Gasteiger partial charge in [-0.25, -0.2) is 19.9 Å². The molecule has 276 valence electrons. The molecule has 0 amide bonds. The maximum absolute atomic E-state index is 5.20. The molecule has 12 rings (SSSR count). The van der Waals surface area contributed by atoms with Gasteiger partial charge in [-0.3, -0.25) is 0 Å². The molecule has 0 saturated heterocycles. The Bertz CT molecular complexity index is 3510. The molecule has 0 aliphatic carbocycles. The van der Waals surface area contributed by atoms with Crippen molar-refractivity contribution < 1.29 is 0 Å². The summed E-state index contributed by atoms with van der Waals surface area (Å²) >= 11 is 3.57. The number of thiazole rings is 1. The molecule has 0 unspecified atom stereocenters. The molecule has 12 aromatic rings. The van der Waals surface area contributed by atoms with E-state index in [-0.39, 0.29) is 0 Å². The first kappa shape index (κ1) is 33.8. The van der Waals surface area contributed by atoms with Gasteiger partial charge in [0.2, 0.25) is 0 Å². The predicted octanol–water partition coefficient (Wildman–Crippen LogP) is 14.3. The number of rotatable bonds is 6. The summed E-state index contributed by atoms with van der Waals surface area (Å²) < 4.78 is 6.14. The van der Waals surface area contributed by atoms with E-state index in [2.05, 4.69) is 132 Å². The fourth-order valence-electron chi connectivity index (χ4n) is 8.30. The predicted molar refractivity (Wildman–Crippen MR) is 247 cm³/mol. The van der Waals surface area contributed by atoms with Gasteiger partial charge in [0.25, 0.3) is 0 Å². The number of para-hydroxylation sites is 1. The van der Waals surface area contributed by atoms with Crippen LogP contribution < -0.4 is 0 Å². The van der Waals surface area contributed by atoms with Gasteiger partial charge in [0.15, 0.2) is 17.5 Å². The Labute approximate surface area is 347 Å². The van der Waals surface area contributed by atoms with E-state index in [4.69, 9.17) is 19.9 Å². The van der Waals surface area contributed by atoms with E-state index in [1.165, 1.54) is 53.1 Å². The Balaban J connectivity index is 0.939. The zero-order valence-corrected chi connectivity index (χ0v) is 33.1. The lowest BCUT2D eigenvalue weighted by atomic mass is 10.0. The maximum atomic E-state index is 5.20. The van der Waals surface area contributed by atoms with E-state index in [1.54, 1.807) is 11.3 Å². The number of nitrogens with zero attached hydrogens (tertiary/aromatic N) is 5. The van der Waals surface area contributed by atoms with Crippen molar-refractivity contribution in [2.45, 2.75) is 0 Å². The van der Waals surface area contributed by atoms with Crippen molar-refractivity contribution in [2.24, 2.45) is 0 Å². The molecule has 0 saturated carbocycles. The van der Waals surface area contributed by atoms with Crippen LogP contribution in [0.2, 0.25) is 0 Å². The number of hydrogen-bond acceptors (Lipinski definition) is 6. The number of thiophene rings is 1. The summed E-state index contributed by atoms with van der Waals surface area (Å²) in [5.41, 5.74) is 10.7. The second kappa shape index (κ2) is 13.7. The third kappa shape index (κ3) is 5.74. The quantitative estimate of drug-likeness (QED) is 0.168. The topological polar surface area (TPSA) is 56.5 Å². The fourth-order valence-corrected chi connectivity index (χ4v) is 10.5. The van der Waals surface area contributed by atoms with E-state index in [9.17, 15) is 0 Å². The van der Waals surface area contributed by atoms with Crippen LogP contribution in [-0.2, 0) is 0 Å². The highest BCUT2D eigenvalue weighted by Gasteiger charge is 2.18. The summed E-state index contributed by atoms with van der Waals surface area (Å²) in [6, 6.07) is 66.3. The molecule has 7 heteroatoms. The van der Waals surface area contributed by atoms with Gasteiger partial charge in [-0.1, -0.05) is 133 Å². The van der Waals surface area contributed by atoms with E-state index in [0.717, 1.165) is 43.2 Å². The molecular weight excluding hydrogens is 759 g/mol. The second-order valence-corrected chi connectivity index (χ2v) is 16.7. The van der Waals surface area contributed by atoms with E-state index in [0.29, 0.717) is 17.5 Å². The molecule has 0 aliphatic heterocycles. The Morgan fingerprint density at radius 1 is 0.356 bits per heavy atom. The van der Waals surface area contributed by atoms with Crippen LogP contribution in [0.4, 0.5) is 0 Å². The summed E-state index contributed by atoms with van der Waals surface area (Å²) in [6.45, 7) is 0. The van der Waals surface area contributed by atoms with Crippen molar-refractivity contribution in [1.29, 1.82) is 0 Å². The fraction of sp³-hybridized carbons (Fsp3) is 0. The van der Waals surface area contributed by atoms with Crippen LogP contribution in [0.25, 0.3) is 114 Å². The summed E-state index contributed by atoms with van der Waals surface area (Å²) in [5, 5.41) is 6.06. The highest BCUT2D eigenvalue weighted by atomic mass is 32.1. The molecule has 5 nitrogen and oxygen atoms in total. The molecule has 0 bridgehead atoms. The largest absolute Gasteiger partial charge is 0.309 e. The molecule has 8 aromatic carbocycles. The van der Waals surface area contributed by atoms with Gasteiger partial charge in [-0.15, -0.1) is 22.7 Å².